The summed E-state index contributed by atoms with van der Waals surface area (Å²) in [5.41, 5.74) is 8.32. The van der Waals surface area contributed by atoms with Crippen LogP contribution in [0.25, 0.3) is 0 Å². The maximum Gasteiger partial charge on any atom is 0.248 e. The minimum atomic E-state index is -0.328. The summed E-state index contributed by atoms with van der Waals surface area (Å²) in [7, 11) is 0. The molecule has 1 atom stereocenters. The van der Waals surface area contributed by atoms with Crippen LogP contribution in [-0.4, -0.2) is 5.91 Å². The summed E-state index contributed by atoms with van der Waals surface area (Å²) in [6.45, 7) is 6.18. The van der Waals surface area contributed by atoms with Crippen LogP contribution in [0.3, 0.4) is 0 Å². The first-order valence-electron chi connectivity index (χ1n) is 5.37. The van der Waals surface area contributed by atoms with Crippen molar-refractivity contribution in [1.82, 2.24) is 0 Å². The van der Waals surface area contributed by atoms with Crippen molar-refractivity contribution in [3.8, 4) is 0 Å². The number of allylic oxidation sites excluding steroid dienone is 4. The van der Waals surface area contributed by atoms with Crippen LogP contribution in [0.4, 0.5) is 0 Å². The molecule has 0 aromatic carbocycles. The van der Waals surface area contributed by atoms with Crippen LogP contribution in [0, 0.1) is 5.92 Å². The van der Waals surface area contributed by atoms with E-state index in [2.05, 4.69) is 13.0 Å². The zero-order valence-corrected chi connectivity index (χ0v) is 9.71. The van der Waals surface area contributed by atoms with Gasteiger partial charge in [0.2, 0.25) is 5.91 Å². The lowest BCUT2D eigenvalue weighted by Gasteiger charge is -2.12. The van der Waals surface area contributed by atoms with E-state index in [0.29, 0.717) is 11.5 Å². The van der Waals surface area contributed by atoms with E-state index in [1.54, 1.807) is 0 Å². The summed E-state index contributed by atoms with van der Waals surface area (Å²) < 4.78 is 0. The van der Waals surface area contributed by atoms with Gasteiger partial charge in [0.25, 0.3) is 0 Å². The van der Waals surface area contributed by atoms with Gasteiger partial charge >= 0.3 is 0 Å². The maximum absolute atomic E-state index is 11.3. The SMILES string of the molecule is C\C1=C(C(N)=O)/C=C\C(C)=C\CCC1C. The van der Waals surface area contributed by atoms with Gasteiger partial charge in [-0.2, -0.15) is 0 Å². The van der Waals surface area contributed by atoms with Gasteiger partial charge < -0.3 is 5.73 Å². The molecule has 1 rings (SSSR count). The Morgan fingerprint density at radius 1 is 1.40 bits per heavy atom. The number of carbonyl (C=O) groups excluding carboxylic acids is 1. The lowest BCUT2D eigenvalue weighted by Crippen LogP contribution is -2.16. The van der Waals surface area contributed by atoms with Gasteiger partial charge in [-0.15, -0.1) is 0 Å². The lowest BCUT2D eigenvalue weighted by molar-refractivity contribution is -0.114. The first-order chi connectivity index (χ1) is 7.02. The minimum Gasteiger partial charge on any atom is -0.366 e. The van der Waals surface area contributed by atoms with E-state index in [9.17, 15) is 4.79 Å². The minimum absolute atomic E-state index is 0.328. The van der Waals surface area contributed by atoms with E-state index in [-0.39, 0.29) is 5.91 Å². The first-order valence-corrected chi connectivity index (χ1v) is 5.37. The zero-order valence-electron chi connectivity index (χ0n) is 9.71. The van der Waals surface area contributed by atoms with Gasteiger partial charge in [-0.1, -0.05) is 30.2 Å². The lowest BCUT2D eigenvalue weighted by atomic mass is 9.93. The highest BCUT2D eigenvalue weighted by Crippen LogP contribution is 2.23. The summed E-state index contributed by atoms with van der Waals surface area (Å²) in [6.07, 6.45) is 8.12. The van der Waals surface area contributed by atoms with Gasteiger partial charge in [-0.3, -0.25) is 4.79 Å². The summed E-state index contributed by atoms with van der Waals surface area (Å²) in [4.78, 5) is 11.3. The molecule has 1 amide bonds. The molecule has 0 aromatic heterocycles. The molecule has 2 heteroatoms. The topological polar surface area (TPSA) is 43.1 Å². The summed E-state index contributed by atoms with van der Waals surface area (Å²) in [5.74, 6) is 0.0876. The standard InChI is InChI=1S/C13H19NO/c1-9-5-4-6-10(2)11(3)12(8-7-9)13(14)15/h5,7-8,10H,4,6H2,1-3H3,(H2,14,15)/b8-7-,9-5+,12-11-. The quantitative estimate of drug-likeness (QED) is 0.702. The Morgan fingerprint density at radius 3 is 2.67 bits per heavy atom. The van der Waals surface area contributed by atoms with Crippen molar-refractivity contribution in [3.05, 3.63) is 34.9 Å². The molecule has 0 saturated carbocycles. The van der Waals surface area contributed by atoms with Crippen molar-refractivity contribution in [2.24, 2.45) is 11.7 Å². The van der Waals surface area contributed by atoms with Gasteiger partial charge in [0.15, 0.2) is 0 Å². The van der Waals surface area contributed by atoms with Crippen LogP contribution in [0.2, 0.25) is 0 Å². The predicted octanol–water partition coefficient (Wildman–Crippen LogP) is 2.72. The molecule has 0 fully saturated rings. The summed E-state index contributed by atoms with van der Waals surface area (Å²) >= 11 is 0. The fourth-order valence-electron chi connectivity index (χ4n) is 1.73. The monoisotopic (exact) mass is 205 g/mol. The molecular formula is C13H19NO. The normalized spacial score (nSPS) is 33.3. The van der Waals surface area contributed by atoms with Gasteiger partial charge in [-0.05, 0) is 38.7 Å². The third-order valence-corrected chi connectivity index (χ3v) is 3.01. The zero-order chi connectivity index (χ0) is 11.4. The molecule has 1 unspecified atom stereocenters. The molecule has 1 aliphatic carbocycles. The Hall–Kier alpha value is -1.31. The number of primary amides is 1. The van der Waals surface area contributed by atoms with E-state index >= 15 is 0 Å². The molecule has 2 N–H and O–H groups in total. The average molecular weight is 205 g/mol. The predicted molar refractivity (Wildman–Crippen MR) is 63.2 cm³/mol. The van der Waals surface area contributed by atoms with Gasteiger partial charge in [0.1, 0.15) is 0 Å². The molecule has 0 spiro atoms. The Bertz CT molecular complexity index is 348. The van der Waals surface area contributed by atoms with Crippen LogP contribution >= 0.6 is 0 Å². The largest absolute Gasteiger partial charge is 0.366 e. The summed E-state index contributed by atoms with van der Waals surface area (Å²) in [5, 5.41) is 0. The fraction of sp³-hybridized carbons (Fsp3) is 0.462. The molecule has 0 aromatic rings. The Morgan fingerprint density at radius 2 is 2.07 bits per heavy atom. The second kappa shape index (κ2) is 4.96. The Kier molecular flexibility index (Phi) is 3.89. The van der Waals surface area contributed by atoms with E-state index < -0.39 is 0 Å². The van der Waals surface area contributed by atoms with Crippen molar-refractivity contribution >= 4 is 5.91 Å². The van der Waals surface area contributed by atoms with Crippen molar-refractivity contribution in [3.63, 3.8) is 0 Å². The number of nitrogens with two attached hydrogens (primary N) is 1. The molecule has 0 heterocycles. The Labute approximate surface area is 91.5 Å². The Balaban J connectivity index is 3.13. The number of amides is 1. The molecular weight excluding hydrogens is 186 g/mol. The number of rotatable bonds is 1. The maximum atomic E-state index is 11.3. The van der Waals surface area contributed by atoms with E-state index in [4.69, 9.17) is 5.73 Å². The molecule has 82 valence electrons. The van der Waals surface area contributed by atoms with Crippen LogP contribution in [0.15, 0.2) is 34.9 Å². The van der Waals surface area contributed by atoms with Crippen molar-refractivity contribution in [2.75, 3.05) is 0 Å². The van der Waals surface area contributed by atoms with E-state index in [1.165, 1.54) is 5.57 Å². The fourth-order valence-corrected chi connectivity index (χ4v) is 1.73. The highest BCUT2D eigenvalue weighted by Gasteiger charge is 2.12. The molecule has 15 heavy (non-hydrogen) atoms. The van der Waals surface area contributed by atoms with E-state index in [1.807, 2.05) is 26.0 Å². The van der Waals surface area contributed by atoms with Crippen molar-refractivity contribution in [1.29, 1.82) is 0 Å². The first kappa shape index (κ1) is 11.8. The van der Waals surface area contributed by atoms with Crippen molar-refractivity contribution < 1.29 is 4.79 Å². The number of hydrogen-bond acceptors (Lipinski definition) is 1. The average Bonchev–Trinajstić information content (AvgIpc) is 2.21. The highest BCUT2D eigenvalue weighted by molar-refractivity contribution is 5.95. The van der Waals surface area contributed by atoms with Crippen LogP contribution in [0.5, 0.6) is 0 Å². The molecule has 0 aliphatic heterocycles. The highest BCUT2D eigenvalue weighted by atomic mass is 16.1. The second-order valence-corrected chi connectivity index (χ2v) is 4.22. The molecule has 2 nitrogen and oxygen atoms in total. The van der Waals surface area contributed by atoms with E-state index in [0.717, 1.165) is 18.4 Å². The number of carbonyl (C=O) groups is 1. The van der Waals surface area contributed by atoms with Gasteiger partial charge in [0, 0.05) is 5.57 Å². The van der Waals surface area contributed by atoms with Crippen LogP contribution in [-0.2, 0) is 4.79 Å². The van der Waals surface area contributed by atoms with Gasteiger partial charge in [0.05, 0.1) is 0 Å². The van der Waals surface area contributed by atoms with Crippen molar-refractivity contribution in [2.45, 2.75) is 33.6 Å². The molecule has 0 radical (unpaired) electrons. The summed E-state index contributed by atoms with van der Waals surface area (Å²) in [6, 6.07) is 0. The second-order valence-electron chi connectivity index (χ2n) is 4.22. The van der Waals surface area contributed by atoms with Crippen LogP contribution in [0.1, 0.15) is 33.6 Å². The third-order valence-electron chi connectivity index (χ3n) is 3.01. The molecule has 0 saturated heterocycles. The molecule has 1 aliphatic rings. The van der Waals surface area contributed by atoms with Gasteiger partial charge in [-0.25, -0.2) is 0 Å². The third kappa shape index (κ3) is 3.08. The smallest absolute Gasteiger partial charge is 0.248 e. The number of hydrogen-bond donors (Lipinski definition) is 1. The van der Waals surface area contributed by atoms with Crippen LogP contribution < -0.4 is 5.73 Å². The molecule has 0 bridgehead atoms.